The summed E-state index contributed by atoms with van der Waals surface area (Å²) in [5, 5.41) is 11.6. The summed E-state index contributed by atoms with van der Waals surface area (Å²) in [6, 6.07) is 23.3. The van der Waals surface area contributed by atoms with E-state index < -0.39 is 5.25 Å². The molecule has 156 valence electrons. The molecule has 5 nitrogen and oxygen atoms in total. The third-order valence-electron chi connectivity index (χ3n) is 4.79. The number of thioether (sulfide) groups is 1. The molecule has 0 fully saturated rings. The van der Waals surface area contributed by atoms with Crippen LogP contribution in [0.15, 0.2) is 84.0 Å². The van der Waals surface area contributed by atoms with Gasteiger partial charge >= 0.3 is 0 Å². The number of carbonyl (C=O) groups excluding carboxylic acids is 1. The number of carbonyl (C=O) groups is 1. The number of anilines is 1. The van der Waals surface area contributed by atoms with Crippen LogP contribution in [0.25, 0.3) is 11.4 Å². The fraction of sp³-hybridized carbons (Fsp3) is 0.125. The highest BCUT2D eigenvalue weighted by molar-refractivity contribution is 8.00. The van der Waals surface area contributed by atoms with Gasteiger partial charge in [0.15, 0.2) is 11.0 Å². The zero-order valence-corrected chi connectivity index (χ0v) is 17.9. The van der Waals surface area contributed by atoms with Crippen LogP contribution in [0, 0.1) is 12.7 Å². The molecule has 0 spiro atoms. The Morgan fingerprint density at radius 3 is 2.45 bits per heavy atom. The lowest BCUT2D eigenvalue weighted by Crippen LogP contribution is -2.19. The molecule has 0 unspecified atom stereocenters. The first-order chi connectivity index (χ1) is 15.0. The van der Waals surface area contributed by atoms with Crippen LogP contribution in [0.4, 0.5) is 10.1 Å². The van der Waals surface area contributed by atoms with Crippen LogP contribution in [0.1, 0.15) is 16.4 Å². The van der Waals surface area contributed by atoms with Gasteiger partial charge in [0.1, 0.15) is 11.1 Å². The van der Waals surface area contributed by atoms with Gasteiger partial charge in [0, 0.05) is 18.3 Å². The molecule has 4 aromatic rings. The number of nitrogens with one attached hydrogen (secondary N) is 1. The van der Waals surface area contributed by atoms with E-state index in [0.717, 1.165) is 22.5 Å². The quantitative estimate of drug-likeness (QED) is 0.414. The van der Waals surface area contributed by atoms with Crippen molar-refractivity contribution in [2.24, 2.45) is 7.05 Å². The summed E-state index contributed by atoms with van der Waals surface area (Å²) in [6.45, 7) is 2.03. The smallest absolute Gasteiger partial charge is 0.242 e. The largest absolute Gasteiger partial charge is 0.325 e. The van der Waals surface area contributed by atoms with Gasteiger partial charge in [-0.1, -0.05) is 65.9 Å². The van der Waals surface area contributed by atoms with E-state index in [1.54, 1.807) is 0 Å². The molecule has 4 rings (SSSR count). The summed E-state index contributed by atoms with van der Waals surface area (Å²) in [5.74, 6) is 0.162. The van der Waals surface area contributed by atoms with Crippen molar-refractivity contribution in [3.8, 4) is 11.4 Å². The molecule has 0 aliphatic rings. The lowest BCUT2D eigenvalue weighted by molar-refractivity contribution is -0.115. The number of aryl methyl sites for hydroxylation is 1. The highest BCUT2D eigenvalue weighted by atomic mass is 32.2. The molecule has 1 heterocycles. The fourth-order valence-corrected chi connectivity index (χ4v) is 4.20. The van der Waals surface area contributed by atoms with Crippen LogP contribution >= 0.6 is 11.8 Å². The first-order valence-electron chi connectivity index (χ1n) is 9.76. The van der Waals surface area contributed by atoms with Gasteiger partial charge in [0.25, 0.3) is 0 Å². The number of rotatable bonds is 6. The summed E-state index contributed by atoms with van der Waals surface area (Å²) < 4.78 is 15.1. The molecular formula is C24H21FN4OS. The monoisotopic (exact) mass is 432 g/mol. The topological polar surface area (TPSA) is 59.8 Å². The van der Waals surface area contributed by atoms with Crippen LogP contribution in [0.2, 0.25) is 0 Å². The zero-order chi connectivity index (χ0) is 21.8. The molecule has 31 heavy (non-hydrogen) atoms. The van der Waals surface area contributed by atoms with E-state index in [1.165, 1.54) is 36.0 Å². The lowest BCUT2D eigenvalue weighted by atomic mass is 10.1. The molecule has 0 aliphatic carbocycles. The number of aromatic nitrogens is 3. The van der Waals surface area contributed by atoms with Crippen molar-refractivity contribution in [2.45, 2.75) is 17.3 Å². The number of hydrogen-bond donors (Lipinski definition) is 1. The predicted octanol–water partition coefficient (Wildman–Crippen LogP) is 5.40. The van der Waals surface area contributed by atoms with Crippen molar-refractivity contribution in [1.82, 2.24) is 14.8 Å². The minimum Gasteiger partial charge on any atom is -0.325 e. The second-order valence-electron chi connectivity index (χ2n) is 7.14. The fourth-order valence-electron chi connectivity index (χ4n) is 3.20. The number of benzene rings is 3. The SMILES string of the molecule is Cc1cccc(-c2nnc(S[C@H](C(=O)Nc3ccc(F)cc3)c3ccccc3)n2C)c1. The van der Waals surface area contributed by atoms with Gasteiger partial charge in [-0.05, 0) is 42.8 Å². The molecule has 0 saturated carbocycles. The van der Waals surface area contributed by atoms with Gasteiger partial charge in [-0.15, -0.1) is 10.2 Å². The molecular weight excluding hydrogens is 411 g/mol. The molecule has 3 aromatic carbocycles. The maximum absolute atomic E-state index is 13.2. The highest BCUT2D eigenvalue weighted by Gasteiger charge is 2.25. The van der Waals surface area contributed by atoms with Crippen LogP contribution in [-0.4, -0.2) is 20.7 Å². The minimum atomic E-state index is -0.556. The molecule has 7 heteroatoms. The molecule has 0 radical (unpaired) electrons. The van der Waals surface area contributed by atoms with E-state index in [1.807, 2.05) is 73.1 Å². The Morgan fingerprint density at radius 1 is 1.00 bits per heavy atom. The molecule has 1 aromatic heterocycles. The first kappa shape index (κ1) is 20.8. The molecule has 1 N–H and O–H groups in total. The van der Waals surface area contributed by atoms with E-state index in [4.69, 9.17) is 0 Å². The summed E-state index contributed by atoms with van der Waals surface area (Å²) in [5.41, 5.74) is 3.47. The Morgan fingerprint density at radius 2 is 1.74 bits per heavy atom. The van der Waals surface area contributed by atoms with Gasteiger partial charge in [-0.2, -0.15) is 0 Å². The average molecular weight is 433 g/mol. The third kappa shape index (κ3) is 4.83. The van der Waals surface area contributed by atoms with Crippen molar-refractivity contribution in [1.29, 1.82) is 0 Å². The van der Waals surface area contributed by atoms with E-state index in [9.17, 15) is 9.18 Å². The standard InChI is InChI=1S/C24H21FN4OS/c1-16-7-6-10-18(15-16)22-27-28-24(29(22)2)31-21(17-8-4-3-5-9-17)23(30)26-20-13-11-19(25)12-14-20/h3-15,21H,1-2H3,(H,26,30)/t21-/m0/s1. The van der Waals surface area contributed by atoms with Gasteiger partial charge in [0.2, 0.25) is 5.91 Å². The van der Waals surface area contributed by atoms with E-state index in [-0.39, 0.29) is 11.7 Å². The molecule has 0 aliphatic heterocycles. The predicted molar refractivity (Wildman–Crippen MR) is 121 cm³/mol. The Bertz CT molecular complexity index is 1190. The van der Waals surface area contributed by atoms with Crippen molar-refractivity contribution < 1.29 is 9.18 Å². The second-order valence-corrected chi connectivity index (χ2v) is 8.21. The van der Waals surface area contributed by atoms with E-state index in [0.29, 0.717) is 10.8 Å². The average Bonchev–Trinajstić information content (AvgIpc) is 3.14. The number of nitrogens with zero attached hydrogens (tertiary/aromatic N) is 3. The summed E-state index contributed by atoms with van der Waals surface area (Å²) in [4.78, 5) is 13.2. The van der Waals surface area contributed by atoms with Gasteiger partial charge in [0.05, 0.1) is 0 Å². The molecule has 1 amide bonds. The summed E-state index contributed by atoms with van der Waals surface area (Å²) in [6.07, 6.45) is 0. The molecule has 0 bridgehead atoms. The van der Waals surface area contributed by atoms with Crippen LogP contribution in [0.5, 0.6) is 0 Å². The van der Waals surface area contributed by atoms with E-state index in [2.05, 4.69) is 15.5 Å². The lowest BCUT2D eigenvalue weighted by Gasteiger charge is -2.16. The Labute approximate surface area is 184 Å². The van der Waals surface area contributed by atoms with E-state index >= 15 is 0 Å². The maximum Gasteiger partial charge on any atom is 0.242 e. The maximum atomic E-state index is 13.2. The summed E-state index contributed by atoms with van der Waals surface area (Å²) >= 11 is 1.32. The summed E-state index contributed by atoms with van der Waals surface area (Å²) in [7, 11) is 1.89. The minimum absolute atomic E-state index is 0.220. The highest BCUT2D eigenvalue weighted by Crippen LogP contribution is 2.36. The molecule has 1 atom stereocenters. The van der Waals surface area contributed by atoms with Crippen molar-refractivity contribution >= 4 is 23.4 Å². The number of halogens is 1. The molecule has 0 saturated heterocycles. The third-order valence-corrected chi connectivity index (χ3v) is 6.07. The van der Waals surface area contributed by atoms with Crippen LogP contribution < -0.4 is 5.32 Å². The van der Waals surface area contributed by atoms with Crippen LogP contribution in [-0.2, 0) is 11.8 Å². The Kier molecular flexibility index (Phi) is 6.13. The van der Waals surface area contributed by atoms with Crippen molar-refractivity contribution in [3.63, 3.8) is 0 Å². The van der Waals surface area contributed by atoms with Crippen molar-refractivity contribution in [2.75, 3.05) is 5.32 Å². The normalized spacial score (nSPS) is 11.8. The number of hydrogen-bond acceptors (Lipinski definition) is 4. The second kappa shape index (κ2) is 9.14. The van der Waals surface area contributed by atoms with Gasteiger partial charge in [-0.3, -0.25) is 4.79 Å². The number of amides is 1. The first-order valence-corrected chi connectivity index (χ1v) is 10.6. The van der Waals surface area contributed by atoms with Crippen LogP contribution in [0.3, 0.4) is 0 Å². The Balaban J connectivity index is 1.63. The Hall–Kier alpha value is -3.45. The zero-order valence-electron chi connectivity index (χ0n) is 17.1. The van der Waals surface area contributed by atoms with Crippen molar-refractivity contribution in [3.05, 3.63) is 95.8 Å². The van der Waals surface area contributed by atoms with Gasteiger partial charge < -0.3 is 9.88 Å². The van der Waals surface area contributed by atoms with Gasteiger partial charge in [-0.25, -0.2) is 4.39 Å².